The number of allylic oxidation sites excluding steroid dienone is 2. The molecule has 0 N–H and O–H groups in total. The quantitative estimate of drug-likeness (QED) is 0.317. The molecule has 130 valence electrons. The molecule has 0 saturated carbocycles. The van der Waals surface area contributed by atoms with E-state index in [0.29, 0.717) is 6.42 Å². The summed E-state index contributed by atoms with van der Waals surface area (Å²) in [6.07, 6.45) is 4.46. The van der Waals surface area contributed by atoms with Gasteiger partial charge in [-0.3, -0.25) is 9.63 Å². The predicted octanol–water partition coefficient (Wildman–Crippen LogP) is 4.53. The fourth-order valence-corrected chi connectivity index (χ4v) is 5.45. The van der Waals surface area contributed by atoms with Crippen LogP contribution in [0.2, 0.25) is 18.1 Å². The Bertz CT molecular complexity index is 342. The SMILES string of the molecule is CC[Si](CC)(CC)O[C@H](CCC=C(C)C)CC(=O)N(C)OC. The lowest BCUT2D eigenvalue weighted by Gasteiger charge is -2.33. The van der Waals surface area contributed by atoms with Crippen LogP contribution in [0.4, 0.5) is 0 Å². The third kappa shape index (κ3) is 7.56. The van der Waals surface area contributed by atoms with Gasteiger partial charge in [0.05, 0.1) is 19.6 Å². The van der Waals surface area contributed by atoms with E-state index in [1.165, 1.54) is 17.7 Å². The number of carbonyl (C=O) groups is 1. The minimum absolute atomic E-state index is 0.00721. The van der Waals surface area contributed by atoms with Crippen LogP contribution in [0.1, 0.15) is 53.9 Å². The average Bonchev–Trinajstić information content (AvgIpc) is 2.51. The smallest absolute Gasteiger partial charge is 0.248 e. The Hall–Kier alpha value is -0.653. The van der Waals surface area contributed by atoms with Gasteiger partial charge in [0, 0.05) is 7.05 Å². The summed E-state index contributed by atoms with van der Waals surface area (Å²) >= 11 is 0. The third-order valence-corrected chi connectivity index (χ3v) is 9.12. The Balaban J connectivity index is 4.91. The molecular weight excluding hydrogens is 294 g/mol. The molecule has 0 aromatic carbocycles. The molecule has 0 heterocycles. The van der Waals surface area contributed by atoms with E-state index in [2.05, 4.69) is 40.7 Å². The first kappa shape index (κ1) is 21.3. The van der Waals surface area contributed by atoms with Crippen LogP contribution in [-0.4, -0.2) is 39.5 Å². The molecule has 0 saturated heterocycles. The predicted molar refractivity (Wildman–Crippen MR) is 95.1 cm³/mol. The lowest BCUT2D eigenvalue weighted by atomic mass is 10.1. The van der Waals surface area contributed by atoms with E-state index >= 15 is 0 Å². The van der Waals surface area contributed by atoms with Gasteiger partial charge in [0.2, 0.25) is 5.91 Å². The maximum absolute atomic E-state index is 12.2. The number of hydrogen-bond donors (Lipinski definition) is 0. The van der Waals surface area contributed by atoms with Gasteiger partial charge in [-0.15, -0.1) is 0 Å². The maximum atomic E-state index is 12.2. The highest BCUT2D eigenvalue weighted by Gasteiger charge is 2.32. The van der Waals surface area contributed by atoms with Crippen molar-refractivity contribution in [1.82, 2.24) is 5.06 Å². The van der Waals surface area contributed by atoms with Crippen LogP contribution in [0.5, 0.6) is 0 Å². The zero-order valence-electron chi connectivity index (χ0n) is 15.6. The summed E-state index contributed by atoms with van der Waals surface area (Å²) in [5.41, 5.74) is 1.31. The van der Waals surface area contributed by atoms with Crippen molar-refractivity contribution in [1.29, 1.82) is 0 Å². The minimum atomic E-state index is -1.70. The Labute approximate surface area is 137 Å². The zero-order valence-corrected chi connectivity index (χ0v) is 16.6. The first-order valence-corrected chi connectivity index (χ1v) is 11.0. The number of rotatable bonds is 11. The van der Waals surface area contributed by atoms with Crippen molar-refractivity contribution in [3.63, 3.8) is 0 Å². The van der Waals surface area contributed by atoms with E-state index in [9.17, 15) is 4.79 Å². The second kappa shape index (κ2) is 11.0. The largest absolute Gasteiger partial charge is 0.413 e. The Morgan fingerprint density at radius 2 is 1.73 bits per heavy atom. The lowest BCUT2D eigenvalue weighted by molar-refractivity contribution is -0.170. The molecule has 0 unspecified atom stereocenters. The second-order valence-electron chi connectivity index (χ2n) is 6.12. The van der Waals surface area contributed by atoms with E-state index in [1.54, 1.807) is 7.05 Å². The molecule has 0 rings (SSSR count). The van der Waals surface area contributed by atoms with E-state index in [4.69, 9.17) is 9.26 Å². The molecule has 0 bridgehead atoms. The highest BCUT2D eigenvalue weighted by molar-refractivity contribution is 6.73. The Morgan fingerprint density at radius 1 is 1.18 bits per heavy atom. The highest BCUT2D eigenvalue weighted by Crippen LogP contribution is 2.26. The van der Waals surface area contributed by atoms with Crippen LogP contribution >= 0.6 is 0 Å². The third-order valence-electron chi connectivity index (χ3n) is 4.42. The van der Waals surface area contributed by atoms with Crippen LogP contribution in [-0.2, 0) is 14.1 Å². The van der Waals surface area contributed by atoms with E-state index < -0.39 is 8.32 Å². The first-order valence-electron chi connectivity index (χ1n) is 8.45. The van der Waals surface area contributed by atoms with E-state index in [1.807, 2.05) is 0 Å². The van der Waals surface area contributed by atoms with Crippen LogP contribution in [0, 0.1) is 0 Å². The minimum Gasteiger partial charge on any atom is -0.413 e. The van der Waals surface area contributed by atoms with Gasteiger partial charge in [-0.25, -0.2) is 5.06 Å². The van der Waals surface area contributed by atoms with E-state index in [-0.39, 0.29) is 12.0 Å². The van der Waals surface area contributed by atoms with Crippen molar-refractivity contribution in [3.8, 4) is 0 Å². The molecule has 1 atom stereocenters. The standard InChI is InChI=1S/C17H35NO3Si/c1-8-22(9-2,10-3)21-16(13-11-12-15(4)5)14-17(19)18(6)20-7/h12,16H,8-11,13-14H2,1-7H3/t16-/m1/s1. The maximum Gasteiger partial charge on any atom is 0.248 e. The topological polar surface area (TPSA) is 38.8 Å². The summed E-state index contributed by atoms with van der Waals surface area (Å²) in [6, 6.07) is 3.31. The summed E-state index contributed by atoms with van der Waals surface area (Å²) < 4.78 is 6.54. The van der Waals surface area contributed by atoms with Crippen molar-refractivity contribution in [2.24, 2.45) is 0 Å². The molecule has 1 amide bonds. The normalized spacial score (nSPS) is 12.9. The molecule has 0 spiro atoms. The van der Waals surface area contributed by atoms with Crippen molar-refractivity contribution < 1.29 is 14.1 Å². The van der Waals surface area contributed by atoms with Crippen LogP contribution in [0.25, 0.3) is 0 Å². The fourth-order valence-electron chi connectivity index (χ4n) is 2.54. The van der Waals surface area contributed by atoms with E-state index in [0.717, 1.165) is 31.0 Å². The van der Waals surface area contributed by atoms with Crippen molar-refractivity contribution in [2.75, 3.05) is 14.2 Å². The molecule has 0 fully saturated rings. The van der Waals surface area contributed by atoms with Gasteiger partial charge in [-0.2, -0.15) is 0 Å². The summed E-state index contributed by atoms with van der Waals surface area (Å²) in [5, 5.41) is 1.30. The van der Waals surface area contributed by atoms with Gasteiger partial charge >= 0.3 is 0 Å². The average molecular weight is 330 g/mol. The second-order valence-corrected chi connectivity index (χ2v) is 10.8. The zero-order chi connectivity index (χ0) is 17.2. The number of amides is 1. The molecule has 4 nitrogen and oxygen atoms in total. The van der Waals surface area contributed by atoms with Crippen molar-refractivity contribution >= 4 is 14.2 Å². The molecule has 5 heteroatoms. The summed E-state index contributed by atoms with van der Waals surface area (Å²) in [7, 11) is 1.46. The van der Waals surface area contributed by atoms with Gasteiger partial charge in [-0.05, 0) is 44.8 Å². The molecule has 22 heavy (non-hydrogen) atoms. The highest BCUT2D eigenvalue weighted by atomic mass is 28.4. The number of nitrogens with zero attached hydrogens (tertiary/aromatic N) is 1. The molecule has 0 aromatic heterocycles. The number of hydroxylamine groups is 2. The Morgan fingerprint density at radius 3 is 2.14 bits per heavy atom. The summed E-state index contributed by atoms with van der Waals surface area (Å²) in [6.45, 7) is 10.9. The van der Waals surface area contributed by atoms with Gasteiger partial charge in [0.1, 0.15) is 0 Å². The summed E-state index contributed by atoms with van der Waals surface area (Å²) in [4.78, 5) is 17.1. The molecule has 0 aliphatic rings. The fraction of sp³-hybridized carbons (Fsp3) is 0.824. The summed E-state index contributed by atoms with van der Waals surface area (Å²) in [5.74, 6) is -0.0177. The van der Waals surface area contributed by atoms with Gasteiger partial charge in [-0.1, -0.05) is 32.4 Å². The number of hydrogen-bond acceptors (Lipinski definition) is 3. The molecule has 0 aliphatic heterocycles. The molecule has 0 aliphatic carbocycles. The van der Waals surface area contributed by atoms with Crippen molar-refractivity contribution in [2.45, 2.75) is 78.1 Å². The van der Waals surface area contributed by atoms with Crippen LogP contribution < -0.4 is 0 Å². The molecule has 0 radical (unpaired) electrons. The van der Waals surface area contributed by atoms with Gasteiger partial charge in [0.25, 0.3) is 0 Å². The van der Waals surface area contributed by atoms with Crippen LogP contribution in [0.3, 0.4) is 0 Å². The van der Waals surface area contributed by atoms with Crippen molar-refractivity contribution in [3.05, 3.63) is 11.6 Å². The lowest BCUT2D eigenvalue weighted by Crippen LogP contribution is -2.41. The molecular formula is C17H35NO3Si. The molecule has 0 aromatic rings. The van der Waals surface area contributed by atoms with Crippen LogP contribution in [0.15, 0.2) is 11.6 Å². The first-order chi connectivity index (χ1) is 10.3. The monoisotopic (exact) mass is 329 g/mol. The van der Waals surface area contributed by atoms with Gasteiger partial charge < -0.3 is 4.43 Å². The van der Waals surface area contributed by atoms with Gasteiger partial charge in [0.15, 0.2) is 8.32 Å². The Kier molecular flexibility index (Phi) is 10.6. The number of carbonyl (C=O) groups excluding carboxylic acids is 1.